The summed E-state index contributed by atoms with van der Waals surface area (Å²) in [6.07, 6.45) is 9.22. The Morgan fingerprint density at radius 1 is 1.19 bits per heavy atom. The first-order chi connectivity index (χ1) is 10.3. The molecule has 0 aliphatic carbocycles. The SMILES string of the molecule is C=Cn1cc(CNc2ccccc2Cn2cccn2)cn1. The van der Waals surface area contributed by atoms with E-state index in [2.05, 4.69) is 34.2 Å². The first-order valence-electron chi connectivity index (χ1n) is 6.80. The minimum Gasteiger partial charge on any atom is -0.381 e. The van der Waals surface area contributed by atoms with Crippen LogP contribution in [-0.2, 0) is 13.1 Å². The molecule has 3 rings (SSSR count). The fourth-order valence-electron chi connectivity index (χ4n) is 2.16. The van der Waals surface area contributed by atoms with E-state index >= 15 is 0 Å². The van der Waals surface area contributed by atoms with Gasteiger partial charge in [0, 0.05) is 42.6 Å². The van der Waals surface area contributed by atoms with Gasteiger partial charge in [0.15, 0.2) is 0 Å². The minimum absolute atomic E-state index is 0.726. The van der Waals surface area contributed by atoms with Crippen LogP contribution in [0, 0.1) is 0 Å². The molecule has 0 aliphatic heterocycles. The van der Waals surface area contributed by atoms with Crippen molar-refractivity contribution in [2.75, 3.05) is 5.32 Å². The van der Waals surface area contributed by atoms with Crippen LogP contribution in [0.3, 0.4) is 0 Å². The van der Waals surface area contributed by atoms with Gasteiger partial charge in [0.25, 0.3) is 0 Å². The summed E-state index contributed by atoms with van der Waals surface area (Å²) in [5.41, 5.74) is 3.43. The molecule has 0 bridgehead atoms. The highest BCUT2D eigenvalue weighted by molar-refractivity contribution is 5.51. The molecule has 0 amide bonds. The summed E-state index contributed by atoms with van der Waals surface area (Å²) in [5, 5.41) is 11.9. The van der Waals surface area contributed by atoms with Gasteiger partial charge in [-0.1, -0.05) is 24.8 Å². The van der Waals surface area contributed by atoms with Crippen LogP contribution in [0.4, 0.5) is 5.69 Å². The number of nitrogens with zero attached hydrogens (tertiary/aromatic N) is 4. The van der Waals surface area contributed by atoms with E-state index in [1.54, 1.807) is 17.1 Å². The molecule has 0 spiro atoms. The first kappa shape index (κ1) is 13.2. The molecule has 3 aromatic rings. The van der Waals surface area contributed by atoms with E-state index in [9.17, 15) is 0 Å². The number of anilines is 1. The van der Waals surface area contributed by atoms with Crippen molar-refractivity contribution in [1.29, 1.82) is 0 Å². The zero-order chi connectivity index (χ0) is 14.5. The first-order valence-corrected chi connectivity index (χ1v) is 6.80. The van der Waals surface area contributed by atoms with E-state index in [1.165, 1.54) is 5.56 Å². The van der Waals surface area contributed by atoms with E-state index in [4.69, 9.17) is 0 Å². The number of benzene rings is 1. The van der Waals surface area contributed by atoms with Gasteiger partial charge < -0.3 is 5.32 Å². The van der Waals surface area contributed by atoms with Gasteiger partial charge in [-0.3, -0.25) is 4.68 Å². The Morgan fingerprint density at radius 2 is 2.10 bits per heavy atom. The van der Waals surface area contributed by atoms with Crippen molar-refractivity contribution in [3.63, 3.8) is 0 Å². The fraction of sp³-hybridized carbons (Fsp3) is 0.125. The van der Waals surface area contributed by atoms with Crippen molar-refractivity contribution >= 4 is 11.9 Å². The normalized spacial score (nSPS) is 10.5. The maximum atomic E-state index is 4.25. The molecule has 0 atom stereocenters. The molecular weight excluding hydrogens is 262 g/mol. The zero-order valence-corrected chi connectivity index (χ0v) is 11.7. The molecule has 0 saturated heterocycles. The van der Waals surface area contributed by atoms with Crippen molar-refractivity contribution in [2.45, 2.75) is 13.1 Å². The summed E-state index contributed by atoms with van der Waals surface area (Å²) < 4.78 is 3.61. The van der Waals surface area contributed by atoms with Crippen molar-refractivity contribution in [3.8, 4) is 0 Å². The lowest BCUT2D eigenvalue weighted by Crippen LogP contribution is -2.06. The Bertz CT molecular complexity index is 712. The number of aromatic nitrogens is 4. The zero-order valence-electron chi connectivity index (χ0n) is 11.7. The quantitative estimate of drug-likeness (QED) is 0.754. The number of hydrogen-bond donors (Lipinski definition) is 1. The standard InChI is InChI=1S/C16H17N5/c1-2-20-12-14(11-19-20)10-17-16-7-4-3-6-15(16)13-21-9-5-8-18-21/h2-9,11-12,17H,1,10,13H2. The Morgan fingerprint density at radius 3 is 2.86 bits per heavy atom. The summed E-state index contributed by atoms with van der Waals surface area (Å²) in [7, 11) is 0. The Labute approximate surface area is 123 Å². The Hall–Kier alpha value is -2.82. The monoisotopic (exact) mass is 279 g/mol. The topological polar surface area (TPSA) is 47.7 Å². The molecule has 5 heteroatoms. The molecule has 0 aliphatic rings. The molecule has 2 aromatic heterocycles. The van der Waals surface area contributed by atoms with Crippen LogP contribution in [0.2, 0.25) is 0 Å². The second kappa shape index (κ2) is 6.09. The lowest BCUT2D eigenvalue weighted by molar-refractivity contribution is 0.687. The van der Waals surface area contributed by atoms with Crippen LogP contribution in [0.25, 0.3) is 6.20 Å². The van der Waals surface area contributed by atoms with Gasteiger partial charge in [-0.2, -0.15) is 10.2 Å². The maximum Gasteiger partial charge on any atom is 0.0679 e. The smallest absolute Gasteiger partial charge is 0.0679 e. The molecule has 0 fully saturated rings. The van der Waals surface area contributed by atoms with Crippen LogP contribution >= 0.6 is 0 Å². The van der Waals surface area contributed by atoms with Gasteiger partial charge in [-0.25, -0.2) is 4.68 Å². The summed E-state index contributed by atoms with van der Waals surface area (Å²) >= 11 is 0. The molecule has 1 aromatic carbocycles. The Kier molecular flexibility index (Phi) is 3.82. The lowest BCUT2D eigenvalue weighted by Gasteiger charge is -2.11. The average molecular weight is 279 g/mol. The minimum atomic E-state index is 0.726. The van der Waals surface area contributed by atoms with E-state index in [0.29, 0.717) is 0 Å². The van der Waals surface area contributed by atoms with Crippen molar-refractivity contribution in [2.24, 2.45) is 0 Å². The van der Waals surface area contributed by atoms with E-state index in [0.717, 1.165) is 24.3 Å². The molecule has 21 heavy (non-hydrogen) atoms. The number of nitrogens with one attached hydrogen (secondary N) is 1. The molecule has 106 valence electrons. The van der Waals surface area contributed by atoms with Gasteiger partial charge in [-0.15, -0.1) is 0 Å². The number of para-hydroxylation sites is 1. The summed E-state index contributed by atoms with van der Waals surface area (Å²) in [5.74, 6) is 0. The Balaban J connectivity index is 1.71. The predicted molar refractivity (Wildman–Crippen MR) is 83.7 cm³/mol. The van der Waals surface area contributed by atoms with E-state index in [-0.39, 0.29) is 0 Å². The highest BCUT2D eigenvalue weighted by atomic mass is 15.3. The van der Waals surface area contributed by atoms with Crippen LogP contribution < -0.4 is 5.32 Å². The van der Waals surface area contributed by atoms with Crippen LogP contribution in [-0.4, -0.2) is 19.6 Å². The van der Waals surface area contributed by atoms with Crippen LogP contribution in [0.15, 0.2) is 61.7 Å². The highest BCUT2D eigenvalue weighted by Crippen LogP contribution is 2.17. The van der Waals surface area contributed by atoms with Gasteiger partial charge >= 0.3 is 0 Å². The number of rotatable bonds is 6. The van der Waals surface area contributed by atoms with Gasteiger partial charge in [0.2, 0.25) is 0 Å². The van der Waals surface area contributed by atoms with Crippen molar-refractivity contribution in [3.05, 3.63) is 72.8 Å². The van der Waals surface area contributed by atoms with Gasteiger partial charge in [-0.05, 0) is 17.7 Å². The molecular formula is C16H17N5. The predicted octanol–water partition coefficient (Wildman–Crippen LogP) is 2.84. The van der Waals surface area contributed by atoms with Crippen molar-refractivity contribution in [1.82, 2.24) is 19.6 Å². The van der Waals surface area contributed by atoms with Crippen LogP contribution in [0.5, 0.6) is 0 Å². The third-order valence-corrected chi connectivity index (χ3v) is 3.23. The highest BCUT2D eigenvalue weighted by Gasteiger charge is 2.03. The summed E-state index contributed by atoms with van der Waals surface area (Å²) in [6, 6.07) is 10.2. The second-order valence-electron chi connectivity index (χ2n) is 4.73. The molecule has 0 unspecified atom stereocenters. The van der Waals surface area contributed by atoms with Crippen molar-refractivity contribution < 1.29 is 0 Å². The van der Waals surface area contributed by atoms with Crippen LogP contribution in [0.1, 0.15) is 11.1 Å². The van der Waals surface area contributed by atoms with E-state index < -0.39 is 0 Å². The molecule has 0 saturated carbocycles. The molecule has 2 heterocycles. The number of hydrogen-bond acceptors (Lipinski definition) is 3. The lowest BCUT2D eigenvalue weighted by atomic mass is 10.1. The third kappa shape index (κ3) is 3.20. The summed E-state index contributed by atoms with van der Waals surface area (Å²) in [6.45, 7) is 5.17. The third-order valence-electron chi connectivity index (χ3n) is 3.23. The molecule has 0 radical (unpaired) electrons. The molecule has 1 N–H and O–H groups in total. The molecule has 5 nitrogen and oxygen atoms in total. The maximum absolute atomic E-state index is 4.25. The fourth-order valence-corrected chi connectivity index (χ4v) is 2.16. The average Bonchev–Trinajstić information content (AvgIpc) is 3.17. The summed E-state index contributed by atoms with van der Waals surface area (Å²) in [4.78, 5) is 0. The van der Waals surface area contributed by atoms with Gasteiger partial charge in [0.1, 0.15) is 0 Å². The largest absolute Gasteiger partial charge is 0.381 e. The second-order valence-corrected chi connectivity index (χ2v) is 4.73. The van der Waals surface area contributed by atoms with Gasteiger partial charge in [0.05, 0.1) is 12.7 Å². The van der Waals surface area contributed by atoms with E-state index in [1.807, 2.05) is 41.5 Å².